The fourth-order valence-corrected chi connectivity index (χ4v) is 3.38. The van der Waals surface area contributed by atoms with Gasteiger partial charge in [0.1, 0.15) is 5.65 Å². The lowest BCUT2D eigenvalue weighted by Crippen LogP contribution is -2.44. The summed E-state index contributed by atoms with van der Waals surface area (Å²) in [5, 5.41) is 0. The number of rotatable bonds is 4. The molecule has 0 saturated carbocycles. The van der Waals surface area contributed by atoms with Crippen LogP contribution >= 0.6 is 0 Å². The number of imidazole rings is 1. The fraction of sp³-hybridized carbons (Fsp3) is 0.556. The average molecular weight is 329 g/mol. The van der Waals surface area contributed by atoms with E-state index in [1.807, 2.05) is 54.8 Å². The first kappa shape index (κ1) is 16.9. The van der Waals surface area contributed by atoms with Crippen molar-refractivity contribution in [1.29, 1.82) is 0 Å². The molecule has 1 fully saturated rings. The third-order valence-electron chi connectivity index (χ3n) is 4.85. The molecule has 0 unspecified atom stereocenters. The van der Waals surface area contributed by atoms with Gasteiger partial charge in [-0.05, 0) is 59.2 Å². The van der Waals surface area contributed by atoms with Gasteiger partial charge in [-0.3, -0.25) is 4.79 Å². The van der Waals surface area contributed by atoms with E-state index in [-0.39, 0.29) is 5.91 Å². The molecule has 6 nitrogen and oxygen atoms in total. The molecule has 0 bridgehead atoms. The Kier molecular flexibility index (Phi) is 4.87. The standard InChI is InChI=1S/C18H27N5O/c1-20(2)13-15-17(19-16-7-5-6-10-23(15)16)18(24)22(4)14-8-11-21(3)12-9-14/h5-7,10,14H,8-9,11-13H2,1-4H3. The molecule has 0 aromatic carbocycles. The van der Waals surface area contributed by atoms with Crippen molar-refractivity contribution in [3.05, 3.63) is 35.8 Å². The number of hydrogen-bond donors (Lipinski definition) is 0. The molecule has 0 aliphatic carbocycles. The molecule has 0 N–H and O–H groups in total. The van der Waals surface area contributed by atoms with E-state index in [2.05, 4.69) is 21.8 Å². The van der Waals surface area contributed by atoms with Crippen LogP contribution < -0.4 is 0 Å². The quantitative estimate of drug-likeness (QED) is 0.854. The Morgan fingerprint density at radius 3 is 2.62 bits per heavy atom. The predicted octanol–water partition coefficient (Wildman–Crippen LogP) is 1.56. The van der Waals surface area contributed by atoms with Crippen molar-refractivity contribution in [2.75, 3.05) is 41.3 Å². The van der Waals surface area contributed by atoms with Gasteiger partial charge in [0.05, 0.1) is 5.69 Å². The van der Waals surface area contributed by atoms with E-state index >= 15 is 0 Å². The molecule has 6 heteroatoms. The van der Waals surface area contributed by atoms with Crippen LogP contribution in [0.5, 0.6) is 0 Å². The predicted molar refractivity (Wildman–Crippen MR) is 95.2 cm³/mol. The summed E-state index contributed by atoms with van der Waals surface area (Å²) in [6.07, 6.45) is 4.03. The van der Waals surface area contributed by atoms with Gasteiger partial charge in [0.15, 0.2) is 5.69 Å². The second-order valence-electron chi connectivity index (χ2n) is 7.02. The maximum absolute atomic E-state index is 13.1. The second-order valence-corrected chi connectivity index (χ2v) is 7.02. The zero-order valence-electron chi connectivity index (χ0n) is 15.1. The minimum atomic E-state index is 0.0325. The topological polar surface area (TPSA) is 44.1 Å². The summed E-state index contributed by atoms with van der Waals surface area (Å²) in [5.41, 5.74) is 2.37. The third kappa shape index (κ3) is 3.30. The zero-order valence-corrected chi connectivity index (χ0v) is 15.1. The van der Waals surface area contributed by atoms with Gasteiger partial charge in [-0.15, -0.1) is 0 Å². The van der Waals surface area contributed by atoms with Gasteiger partial charge in [-0.25, -0.2) is 4.98 Å². The summed E-state index contributed by atoms with van der Waals surface area (Å²) < 4.78 is 2.02. The number of fused-ring (bicyclic) bond motifs is 1. The van der Waals surface area contributed by atoms with Gasteiger partial charge < -0.3 is 19.1 Å². The SMILES string of the molecule is CN(C)Cc1c(C(=O)N(C)C2CCN(C)CC2)nc2ccccn12. The van der Waals surface area contributed by atoms with E-state index in [9.17, 15) is 4.79 Å². The number of hydrogen-bond acceptors (Lipinski definition) is 4. The van der Waals surface area contributed by atoms with Gasteiger partial charge in [-0.1, -0.05) is 6.07 Å². The molecular weight excluding hydrogens is 302 g/mol. The molecule has 3 heterocycles. The van der Waals surface area contributed by atoms with Crippen LogP contribution in [0.2, 0.25) is 0 Å². The van der Waals surface area contributed by atoms with Crippen LogP contribution in [0.1, 0.15) is 29.0 Å². The van der Waals surface area contributed by atoms with Crippen molar-refractivity contribution in [3.8, 4) is 0 Å². The number of carbonyl (C=O) groups is 1. The fourth-order valence-electron chi connectivity index (χ4n) is 3.38. The highest BCUT2D eigenvalue weighted by Crippen LogP contribution is 2.20. The molecule has 2 aromatic heterocycles. The Morgan fingerprint density at radius 2 is 1.96 bits per heavy atom. The van der Waals surface area contributed by atoms with E-state index in [1.54, 1.807) is 0 Å². The molecule has 1 saturated heterocycles. The third-order valence-corrected chi connectivity index (χ3v) is 4.85. The number of likely N-dealkylation sites (tertiary alicyclic amines) is 1. The van der Waals surface area contributed by atoms with Crippen LogP contribution in [-0.4, -0.2) is 77.3 Å². The molecule has 24 heavy (non-hydrogen) atoms. The van der Waals surface area contributed by atoms with Crippen molar-refractivity contribution in [1.82, 2.24) is 24.1 Å². The number of carbonyl (C=O) groups excluding carboxylic acids is 1. The molecule has 0 atom stereocenters. The molecule has 0 radical (unpaired) electrons. The monoisotopic (exact) mass is 329 g/mol. The van der Waals surface area contributed by atoms with E-state index in [1.165, 1.54) is 0 Å². The summed E-state index contributed by atoms with van der Waals surface area (Å²) in [6, 6.07) is 6.18. The highest BCUT2D eigenvalue weighted by atomic mass is 16.2. The highest BCUT2D eigenvalue weighted by Gasteiger charge is 2.28. The van der Waals surface area contributed by atoms with Gasteiger partial charge in [0.25, 0.3) is 5.91 Å². The summed E-state index contributed by atoms with van der Waals surface area (Å²) in [4.78, 5) is 24.0. The second kappa shape index (κ2) is 6.91. The first-order chi connectivity index (χ1) is 11.5. The summed E-state index contributed by atoms with van der Waals surface area (Å²) in [5.74, 6) is 0.0325. The number of pyridine rings is 1. The van der Waals surface area contributed by atoms with Crippen molar-refractivity contribution in [3.63, 3.8) is 0 Å². The molecule has 0 spiro atoms. The first-order valence-electron chi connectivity index (χ1n) is 8.53. The molecule has 1 aliphatic heterocycles. The van der Waals surface area contributed by atoms with E-state index in [0.717, 1.165) is 37.3 Å². The summed E-state index contributed by atoms with van der Waals surface area (Å²) >= 11 is 0. The molecule has 130 valence electrons. The largest absolute Gasteiger partial charge is 0.337 e. The molecule has 2 aromatic rings. The molecule has 1 amide bonds. The first-order valence-corrected chi connectivity index (χ1v) is 8.53. The normalized spacial score (nSPS) is 16.9. The average Bonchev–Trinajstić information content (AvgIpc) is 2.92. The van der Waals surface area contributed by atoms with Crippen LogP contribution in [0.4, 0.5) is 0 Å². The minimum Gasteiger partial charge on any atom is -0.337 e. The minimum absolute atomic E-state index is 0.0325. The van der Waals surface area contributed by atoms with Crippen molar-refractivity contribution >= 4 is 11.6 Å². The van der Waals surface area contributed by atoms with Crippen LogP contribution in [0.15, 0.2) is 24.4 Å². The maximum Gasteiger partial charge on any atom is 0.274 e. The Morgan fingerprint density at radius 1 is 1.25 bits per heavy atom. The Balaban J connectivity index is 1.91. The highest BCUT2D eigenvalue weighted by molar-refractivity contribution is 5.94. The van der Waals surface area contributed by atoms with Gasteiger partial charge in [0, 0.05) is 25.8 Å². The van der Waals surface area contributed by atoms with Gasteiger partial charge in [0.2, 0.25) is 0 Å². The van der Waals surface area contributed by atoms with Crippen LogP contribution in [-0.2, 0) is 6.54 Å². The molecular formula is C18H27N5O. The van der Waals surface area contributed by atoms with E-state index in [0.29, 0.717) is 18.3 Å². The van der Waals surface area contributed by atoms with E-state index in [4.69, 9.17) is 0 Å². The molecule has 1 aliphatic rings. The van der Waals surface area contributed by atoms with Crippen molar-refractivity contribution < 1.29 is 4.79 Å². The van der Waals surface area contributed by atoms with Crippen LogP contribution in [0.25, 0.3) is 5.65 Å². The zero-order chi connectivity index (χ0) is 17.3. The summed E-state index contributed by atoms with van der Waals surface area (Å²) in [7, 11) is 8.08. The lowest BCUT2D eigenvalue weighted by molar-refractivity contribution is 0.0652. The molecule has 3 rings (SSSR count). The smallest absolute Gasteiger partial charge is 0.274 e. The van der Waals surface area contributed by atoms with Gasteiger partial charge in [-0.2, -0.15) is 0 Å². The maximum atomic E-state index is 13.1. The van der Waals surface area contributed by atoms with Crippen molar-refractivity contribution in [2.45, 2.75) is 25.4 Å². The van der Waals surface area contributed by atoms with Crippen LogP contribution in [0.3, 0.4) is 0 Å². The number of aromatic nitrogens is 2. The van der Waals surface area contributed by atoms with Crippen molar-refractivity contribution in [2.24, 2.45) is 0 Å². The lowest BCUT2D eigenvalue weighted by atomic mass is 10.0. The van der Waals surface area contributed by atoms with Gasteiger partial charge >= 0.3 is 0 Å². The number of piperidine rings is 1. The number of amides is 1. The van der Waals surface area contributed by atoms with Crippen LogP contribution in [0, 0.1) is 0 Å². The Labute approximate surface area is 143 Å². The lowest BCUT2D eigenvalue weighted by Gasteiger charge is -2.35. The Bertz CT molecular complexity index is 715. The Hall–Kier alpha value is -1.92. The van der Waals surface area contributed by atoms with E-state index < -0.39 is 0 Å². The summed E-state index contributed by atoms with van der Waals surface area (Å²) in [6.45, 7) is 2.77. The number of nitrogens with zero attached hydrogens (tertiary/aromatic N) is 5.